The fourth-order valence-electron chi connectivity index (χ4n) is 9.76. The summed E-state index contributed by atoms with van der Waals surface area (Å²) in [5.74, 6) is 6.28. The van der Waals surface area contributed by atoms with Crippen LogP contribution in [0, 0.1) is 38.6 Å². The molecule has 0 aliphatic heterocycles. The highest BCUT2D eigenvalue weighted by atomic mass is 32.2. The first-order valence-corrected chi connectivity index (χ1v) is 13.3. The van der Waals surface area contributed by atoms with Crippen molar-refractivity contribution in [1.82, 2.24) is 0 Å². The van der Waals surface area contributed by atoms with Crippen LogP contribution in [-0.4, -0.2) is 0 Å². The van der Waals surface area contributed by atoms with Gasteiger partial charge in [-0.2, -0.15) is 0 Å². The van der Waals surface area contributed by atoms with Gasteiger partial charge in [0.2, 0.25) is 0 Å². The molecule has 0 N–H and O–H groups in total. The molecule has 1 aromatic rings. The topological polar surface area (TPSA) is 0 Å². The summed E-state index contributed by atoms with van der Waals surface area (Å²) in [5, 5.41) is 0. The first-order valence-electron chi connectivity index (χ1n) is 11.2. The van der Waals surface area contributed by atoms with E-state index in [0.717, 1.165) is 35.5 Å². The third kappa shape index (κ3) is 2.15. The average molecular weight is 403 g/mol. The molecule has 9 rings (SSSR count). The molecule has 0 nitrogen and oxygen atoms in total. The first kappa shape index (κ1) is 16.1. The molecule has 1 aromatic heterocycles. The van der Waals surface area contributed by atoms with E-state index in [-0.39, 0.29) is 0 Å². The van der Waals surface area contributed by atoms with Gasteiger partial charge in [0, 0.05) is 20.6 Å². The van der Waals surface area contributed by atoms with Crippen LogP contribution >= 0.6 is 34.9 Å². The zero-order valence-electron chi connectivity index (χ0n) is 15.7. The molecule has 0 saturated heterocycles. The molecular weight excluding hydrogens is 372 g/mol. The van der Waals surface area contributed by atoms with Gasteiger partial charge in [-0.1, -0.05) is 12.2 Å². The van der Waals surface area contributed by atoms with E-state index in [2.05, 4.69) is 22.7 Å². The van der Waals surface area contributed by atoms with E-state index in [1.807, 2.05) is 9.75 Å². The maximum Gasteiger partial charge on any atom is 0.144 e. The van der Waals surface area contributed by atoms with Gasteiger partial charge in [0.05, 0.1) is 0 Å². The molecule has 3 heteroatoms. The van der Waals surface area contributed by atoms with Crippen LogP contribution in [-0.2, 0) is 10.8 Å². The molecular formula is C23H30S3. The van der Waals surface area contributed by atoms with Gasteiger partial charge >= 0.3 is 0 Å². The Bertz CT molecular complexity index is 677. The second-order valence-corrected chi connectivity index (χ2v) is 14.7. The SMILES string of the molecule is S=c1sc(C23CC4CC(CC(C4)C2)C3)c(C23CC4CC(CC(C4)C2)C3)s1. The predicted molar refractivity (Wildman–Crippen MR) is 113 cm³/mol. The van der Waals surface area contributed by atoms with Crippen LogP contribution < -0.4 is 0 Å². The van der Waals surface area contributed by atoms with Gasteiger partial charge in [-0.25, -0.2) is 0 Å². The summed E-state index contributed by atoms with van der Waals surface area (Å²) >= 11 is 10.0. The van der Waals surface area contributed by atoms with E-state index in [9.17, 15) is 0 Å². The van der Waals surface area contributed by atoms with Crippen molar-refractivity contribution >= 4 is 34.9 Å². The quantitative estimate of drug-likeness (QED) is 0.462. The molecule has 0 amide bonds. The van der Waals surface area contributed by atoms with Crippen LogP contribution in [0.25, 0.3) is 0 Å². The van der Waals surface area contributed by atoms with Crippen molar-refractivity contribution in [2.75, 3.05) is 0 Å². The summed E-state index contributed by atoms with van der Waals surface area (Å²) in [6.07, 6.45) is 18.4. The van der Waals surface area contributed by atoms with E-state index in [0.29, 0.717) is 10.8 Å². The molecule has 8 aliphatic carbocycles. The summed E-state index contributed by atoms with van der Waals surface area (Å²) < 4.78 is 1.25. The van der Waals surface area contributed by atoms with E-state index in [4.69, 9.17) is 12.2 Å². The molecule has 8 bridgehead atoms. The van der Waals surface area contributed by atoms with Gasteiger partial charge in [0.25, 0.3) is 0 Å². The van der Waals surface area contributed by atoms with Crippen molar-refractivity contribution in [3.8, 4) is 0 Å². The molecule has 0 aromatic carbocycles. The van der Waals surface area contributed by atoms with Crippen LogP contribution in [0.2, 0.25) is 0 Å². The van der Waals surface area contributed by atoms with Crippen molar-refractivity contribution in [2.24, 2.45) is 35.5 Å². The molecule has 0 spiro atoms. The van der Waals surface area contributed by atoms with Crippen molar-refractivity contribution in [3.05, 3.63) is 12.9 Å². The molecule has 0 atom stereocenters. The Kier molecular flexibility index (Phi) is 3.25. The van der Waals surface area contributed by atoms with Crippen molar-refractivity contribution in [2.45, 2.75) is 87.9 Å². The van der Waals surface area contributed by atoms with E-state index >= 15 is 0 Å². The summed E-state index contributed by atoms with van der Waals surface area (Å²) in [7, 11) is 0. The Morgan fingerprint density at radius 3 is 1.08 bits per heavy atom. The predicted octanol–water partition coefficient (Wildman–Crippen LogP) is 7.47. The highest BCUT2D eigenvalue weighted by molar-refractivity contribution is 7.76. The van der Waals surface area contributed by atoms with Gasteiger partial charge in [-0.3, -0.25) is 0 Å². The standard InChI is InChI=1S/C23H30S3/c24-21-25-19(22-7-13-1-14(8-22)3-15(2-13)9-22)20(26-21)23-10-16-4-17(11-23)6-18(5-16)12-23/h13-18H,1-12H2. The lowest BCUT2D eigenvalue weighted by atomic mass is 9.46. The molecule has 8 saturated carbocycles. The minimum absolute atomic E-state index is 0.561. The Balaban J connectivity index is 1.36. The largest absolute Gasteiger partial charge is 0.144 e. The van der Waals surface area contributed by atoms with Crippen LogP contribution in [0.3, 0.4) is 0 Å². The number of hydrogen-bond acceptors (Lipinski definition) is 3. The lowest BCUT2D eigenvalue weighted by Crippen LogP contribution is -2.51. The second-order valence-electron chi connectivity index (χ2n) is 11.5. The molecule has 0 unspecified atom stereocenters. The van der Waals surface area contributed by atoms with Crippen molar-refractivity contribution in [1.29, 1.82) is 0 Å². The van der Waals surface area contributed by atoms with Gasteiger partial charge in [0.1, 0.15) is 3.14 Å². The Labute approximate surface area is 170 Å². The van der Waals surface area contributed by atoms with Gasteiger partial charge < -0.3 is 0 Å². The fraction of sp³-hybridized carbons (Fsp3) is 0.870. The van der Waals surface area contributed by atoms with Crippen LogP contribution in [0.5, 0.6) is 0 Å². The van der Waals surface area contributed by atoms with Crippen molar-refractivity contribution in [3.63, 3.8) is 0 Å². The summed E-state index contributed by atoms with van der Waals surface area (Å²) in [5.41, 5.74) is 1.12. The van der Waals surface area contributed by atoms with Crippen LogP contribution in [0.15, 0.2) is 0 Å². The molecule has 140 valence electrons. The third-order valence-corrected chi connectivity index (χ3v) is 12.8. The van der Waals surface area contributed by atoms with E-state index < -0.39 is 0 Å². The highest BCUT2D eigenvalue weighted by Gasteiger charge is 2.57. The monoisotopic (exact) mass is 402 g/mol. The summed E-state index contributed by atoms with van der Waals surface area (Å²) in [6, 6.07) is 0. The minimum Gasteiger partial charge on any atom is -0.117 e. The molecule has 26 heavy (non-hydrogen) atoms. The summed E-state index contributed by atoms with van der Waals surface area (Å²) in [6.45, 7) is 0. The van der Waals surface area contributed by atoms with Crippen molar-refractivity contribution < 1.29 is 0 Å². The smallest absolute Gasteiger partial charge is 0.117 e. The third-order valence-electron chi connectivity index (χ3n) is 9.62. The maximum atomic E-state index is 5.87. The van der Waals surface area contributed by atoms with E-state index in [1.165, 1.54) is 41.7 Å². The average Bonchev–Trinajstić information content (AvgIpc) is 2.96. The van der Waals surface area contributed by atoms with Crippen LogP contribution in [0.4, 0.5) is 0 Å². The highest BCUT2D eigenvalue weighted by Crippen LogP contribution is 2.67. The van der Waals surface area contributed by atoms with Crippen LogP contribution in [0.1, 0.15) is 86.8 Å². The first-order chi connectivity index (χ1) is 12.6. The molecule has 0 radical (unpaired) electrons. The summed E-state index contributed by atoms with van der Waals surface area (Å²) in [4.78, 5) is 3.71. The zero-order chi connectivity index (χ0) is 17.1. The maximum absolute atomic E-state index is 5.87. The van der Waals surface area contributed by atoms with E-state index in [1.54, 1.807) is 38.5 Å². The zero-order valence-corrected chi connectivity index (χ0v) is 18.1. The molecule has 8 fully saturated rings. The molecule has 8 aliphatic rings. The lowest BCUT2D eigenvalue weighted by molar-refractivity contribution is -0.0146. The Morgan fingerprint density at radius 1 is 0.538 bits per heavy atom. The Hall–Kier alpha value is 0.270. The Morgan fingerprint density at radius 2 is 0.808 bits per heavy atom. The van der Waals surface area contributed by atoms with Gasteiger partial charge in [-0.15, -0.1) is 22.7 Å². The second kappa shape index (κ2) is 5.25. The van der Waals surface area contributed by atoms with Gasteiger partial charge in [-0.05, 0) is 113 Å². The lowest BCUT2D eigenvalue weighted by Gasteiger charge is -2.59. The fourth-order valence-corrected chi connectivity index (χ4v) is 13.1. The minimum atomic E-state index is 0.561. The van der Waals surface area contributed by atoms with Gasteiger partial charge in [0.15, 0.2) is 0 Å². The normalized spacial score (nSPS) is 53.5. The number of hydrogen-bond donors (Lipinski definition) is 0. The number of rotatable bonds is 2. The molecule has 1 heterocycles.